The first-order chi connectivity index (χ1) is 14.4. The highest BCUT2D eigenvalue weighted by atomic mass is 35.5. The second-order valence-electron chi connectivity index (χ2n) is 7.23. The molecule has 8 heteroatoms. The molecule has 30 heavy (non-hydrogen) atoms. The van der Waals surface area contributed by atoms with Crippen LogP contribution in [0.4, 0.5) is 5.69 Å². The number of piperidine rings is 1. The lowest BCUT2D eigenvalue weighted by molar-refractivity contribution is -0.147. The van der Waals surface area contributed by atoms with Gasteiger partial charge < -0.3 is 15.1 Å². The number of carbonyl (C=O) groups excluding carboxylic acids is 3. The lowest BCUT2D eigenvalue weighted by Gasteiger charge is -2.36. The molecular formula is C22H23Cl2N3O3. The Bertz CT molecular complexity index is 936. The number of hydrogen-bond acceptors (Lipinski definition) is 3. The Hall–Kier alpha value is -2.57. The highest BCUT2D eigenvalue weighted by Gasteiger charge is 2.34. The Balaban J connectivity index is 1.74. The summed E-state index contributed by atoms with van der Waals surface area (Å²) in [5.74, 6) is -0.723. The van der Waals surface area contributed by atoms with E-state index in [9.17, 15) is 14.4 Å². The quantitative estimate of drug-likeness (QED) is 0.722. The Morgan fingerprint density at radius 2 is 1.83 bits per heavy atom. The number of benzene rings is 2. The van der Waals surface area contributed by atoms with E-state index in [-0.39, 0.29) is 24.3 Å². The molecule has 3 rings (SSSR count). The minimum atomic E-state index is -0.748. The average molecular weight is 448 g/mol. The van der Waals surface area contributed by atoms with Crippen LogP contribution in [0.2, 0.25) is 10.0 Å². The van der Waals surface area contributed by atoms with Gasteiger partial charge in [0.15, 0.2) is 0 Å². The van der Waals surface area contributed by atoms with Crippen molar-refractivity contribution in [3.05, 3.63) is 64.1 Å². The number of carbonyl (C=O) groups is 3. The number of hydrogen-bond donors (Lipinski definition) is 1. The van der Waals surface area contributed by atoms with Crippen molar-refractivity contribution in [2.75, 3.05) is 25.5 Å². The fourth-order valence-electron chi connectivity index (χ4n) is 3.47. The normalized spacial score (nSPS) is 14.9. The van der Waals surface area contributed by atoms with E-state index in [0.29, 0.717) is 28.7 Å². The average Bonchev–Trinajstić information content (AvgIpc) is 2.73. The zero-order valence-corrected chi connectivity index (χ0v) is 18.1. The van der Waals surface area contributed by atoms with E-state index in [4.69, 9.17) is 23.2 Å². The van der Waals surface area contributed by atoms with Crippen molar-refractivity contribution in [3.8, 4) is 0 Å². The molecule has 6 nitrogen and oxygen atoms in total. The van der Waals surface area contributed by atoms with Crippen LogP contribution in [0.1, 0.15) is 30.9 Å². The lowest BCUT2D eigenvalue weighted by Crippen LogP contribution is -2.47. The molecule has 1 saturated heterocycles. The molecule has 1 aliphatic heterocycles. The van der Waals surface area contributed by atoms with Gasteiger partial charge in [0.1, 0.15) is 6.04 Å². The SMILES string of the molecule is CN(CC(=O)Nc1ccc(Cl)c(Cl)c1)C(=O)C(c1ccccc1)N1CCCCC1=O. The minimum Gasteiger partial charge on any atom is -0.334 e. The Labute approximate surface area is 185 Å². The maximum Gasteiger partial charge on any atom is 0.250 e. The van der Waals surface area contributed by atoms with Gasteiger partial charge in [-0.2, -0.15) is 0 Å². The third kappa shape index (κ3) is 5.32. The fourth-order valence-corrected chi connectivity index (χ4v) is 3.77. The van der Waals surface area contributed by atoms with Crippen molar-refractivity contribution >= 4 is 46.6 Å². The van der Waals surface area contributed by atoms with Crippen molar-refractivity contribution in [3.63, 3.8) is 0 Å². The molecule has 3 amide bonds. The summed E-state index contributed by atoms with van der Waals surface area (Å²) in [6.07, 6.45) is 2.11. The highest BCUT2D eigenvalue weighted by Crippen LogP contribution is 2.28. The molecule has 1 fully saturated rings. The van der Waals surface area contributed by atoms with Crippen LogP contribution < -0.4 is 5.32 Å². The van der Waals surface area contributed by atoms with Crippen LogP contribution >= 0.6 is 23.2 Å². The van der Waals surface area contributed by atoms with E-state index in [1.807, 2.05) is 30.3 Å². The van der Waals surface area contributed by atoms with Crippen LogP contribution in [-0.2, 0) is 14.4 Å². The number of amides is 3. The molecule has 0 aromatic heterocycles. The Morgan fingerprint density at radius 1 is 1.10 bits per heavy atom. The summed E-state index contributed by atoms with van der Waals surface area (Å²) < 4.78 is 0. The molecular weight excluding hydrogens is 425 g/mol. The molecule has 1 unspecified atom stereocenters. The minimum absolute atomic E-state index is 0.0443. The van der Waals surface area contributed by atoms with Crippen molar-refractivity contribution in [2.45, 2.75) is 25.3 Å². The molecule has 158 valence electrons. The molecule has 2 aromatic carbocycles. The summed E-state index contributed by atoms with van der Waals surface area (Å²) in [5.41, 5.74) is 1.22. The summed E-state index contributed by atoms with van der Waals surface area (Å²) in [7, 11) is 1.56. The predicted octanol–water partition coefficient (Wildman–Crippen LogP) is 4.14. The van der Waals surface area contributed by atoms with Gasteiger partial charge in [-0.25, -0.2) is 0 Å². The number of anilines is 1. The summed E-state index contributed by atoms with van der Waals surface area (Å²) in [4.78, 5) is 41.2. The second kappa shape index (κ2) is 9.96. The van der Waals surface area contributed by atoms with Crippen molar-refractivity contribution in [1.82, 2.24) is 9.80 Å². The lowest BCUT2D eigenvalue weighted by atomic mass is 10.00. The monoisotopic (exact) mass is 447 g/mol. The van der Waals surface area contributed by atoms with Crippen LogP contribution in [0, 0.1) is 0 Å². The molecule has 1 N–H and O–H groups in total. The van der Waals surface area contributed by atoms with Crippen LogP contribution in [0.5, 0.6) is 0 Å². The van der Waals surface area contributed by atoms with Gasteiger partial charge in [0, 0.05) is 25.7 Å². The van der Waals surface area contributed by atoms with Crippen LogP contribution in [0.3, 0.4) is 0 Å². The van der Waals surface area contributed by atoms with Gasteiger partial charge in [0.05, 0.1) is 16.6 Å². The molecule has 0 aliphatic carbocycles. The molecule has 0 saturated carbocycles. The smallest absolute Gasteiger partial charge is 0.250 e. The number of nitrogens with one attached hydrogen (secondary N) is 1. The second-order valence-corrected chi connectivity index (χ2v) is 8.04. The first kappa shape index (κ1) is 22.1. The topological polar surface area (TPSA) is 69.7 Å². The van der Waals surface area contributed by atoms with Gasteiger partial charge in [-0.3, -0.25) is 14.4 Å². The maximum absolute atomic E-state index is 13.3. The molecule has 1 heterocycles. The number of nitrogens with zero attached hydrogens (tertiary/aromatic N) is 2. The third-order valence-electron chi connectivity index (χ3n) is 4.98. The predicted molar refractivity (Wildman–Crippen MR) is 117 cm³/mol. The summed E-state index contributed by atoms with van der Waals surface area (Å²) in [5, 5.41) is 3.42. The molecule has 0 radical (unpaired) electrons. The van der Waals surface area contributed by atoms with Gasteiger partial charge in [-0.15, -0.1) is 0 Å². The number of likely N-dealkylation sites (tertiary alicyclic amines) is 1. The van der Waals surface area contributed by atoms with E-state index in [1.54, 1.807) is 30.1 Å². The molecule has 0 spiro atoms. The molecule has 1 aliphatic rings. The molecule has 0 bridgehead atoms. The zero-order chi connectivity index (χ0) is 21.7. The first-order valence-corrected chi connectivity index (χ1v) is 10.5. The van der Waals surface area contributed by atoms with E-state index in [1.165, 1.54) is 4.90 Å². The van der Waals surface area contributed by atoms with Crippen LogP contribution in [0.25, 0.3) is 0 Å². The van der Waals surface area contributed by atoms with E-state index >= 15 is 0 Å². The number of halogens is 2. The van der Waals surface area contributed by atoms with Crippen molar-refractivity contribution < 1.29 is 14.4 Å². The van der Waals surface area contributed by atoms with Gasteiger partial charge in [0.2, 0.25) is 17.7 Å². The van der Waals surface area contributed by atoms with E-state index in [0.717, 1.165) is 18.4 Å². The van der Waals surface area contributed by atoms with E-state index in [2.05, 4.69) is 5.32 Å². The molecule has 1 atom stereocenters. The number of rotatable bonds is 6. The Kier molecular flexibility index (Phi) is 7.34. The van der Waals surface area contributed by atoms with Gasteiger partial charge in [-0.05, 0) is 36.6 Å². The third-order valence-corrected chi connectivity index (χ3v) is 5.72. The van der Waals surface area contributed by atoms with Crippen molar-refractivity contribution in [2.24, 2.45) is 0 Å². The first-order valence-electron chi connectivity index (χ1n) is 9.71. The summed E-state index contributed by atoms with van der Waals surface area (Å²) in [6.45, 7) is 0.359. The van der Waals surface area contributed by atoms with Gasteiger partial charge >= 0.3 is 0 Å². The number of likely N-dealkylation sites (N-methyl/N-ethyl adjacent to an activating group) is 1. The largest absolute Gasteiger partial charge is 0.334 e. The summed E-state index contributed by atoms with van der Waals surface area (Å²) in [6, 6.07) is 13.2. The Morgan fingerprint density at radius 3 is 2.50 bits per heavy atom. The van der Waals surface area contributed by atoms with Crippen LogP contribution in [0.15, 0.2) is 48.5 Å². The highest BCUT2D eigenvalue weighted by molar-refractivity contribution is 6.42. The van der Waals surface area contributed by atoms with Gasteiger partial charge in [-0.1, -0.05) is 53.5 Å². The molecule has 2 aromatic rings. The summed E-state index contributed by atoms with van der Waals surface area (Å²) >= 11 is 11.9. The van der Waals surface area contributed by atoms with Gasteiger partial charge in [0.25, 0.3) is 0 Å². The fraction of sp³-hybridized carbons (Fsp3) is 0.318. The standard InChI is InChI=1S/C22H23Cl2N3O3/c1-26(14-19(28)25-16-10-11-17(23)18(24)13-16)22(30)21(15-7-3-2-4-8-15)27-12-6-5-9-20(27)29/h2-4,7-8,10-11,13,21H,5-6,9,12,14H2,1H3,(H,25,28). The van der Waals surface area contributed by atoms with E-state index < -0.39 is 6.04 Å². The van der Waals surface area contributed by atoms with Crippen LogP contribution in [-0.4, -0.2) is 47.7 Å². The zero-order valence-electron chi connectivity index (χ0n) is 16.6. The van der Waals surface area contributed by atoms with Crippen molar-refractivity contribution in [1.29, 1.82) is 0 Å². The maximum atomic E-state index is 13.3.